The zero-order chi connectivity index (χ0) is 40.3. The molecule has 0 saturated heterocycles. The number of rotatable bonds is 4. The minimum absolute atomic E-state index is 0.0555. The summed E-state index contributed by atoms with van der Waals surface area (Å²) in [5, 5.41) is 5.82. The lowest BCUT2D eigenvalue weighted by molar-refractivity contribution is 0.660. The van der Waals surface area contributed by atoms with Crippen LogP contribution in [0.5, 0.6) is 0 Å². The number of nitrogens with zero attached hydrogens (tertiary/aromatic N) is 2. The summed E-state index contributed by atoms with van der Waals surface area (Å²) in [4.78, 5) is 10.5. The van der Waals surface area contributed by atoms with Crippen molar-refractivity contribution in [1.29, 1.82) is 0 Å². The van der Waals surface area contributed by atoms with Crippen molar-refractivity contribution in [3.63, 3.8) is 0 Å². The molecular formula is C58H42N2. The zero-order valence-electron chi connectivity index (χ0n) is 34.2. The molecule has 2 nitrogen and oxygen atoms in total. The van der Waals surface area contributed by atoms with Gasteiger partial charge in [0.25, 0.3) is 0 Å². The second-order valence-electron chi connectivity index (χ2n) is 17.7. The Morgan fingerprint density at radius 2 is 0.650 bits per heavy atom. The van der Waals surface area contributed by atoms with Gasteiger partial charge in [0.15, 0.2) is 5.65 Å². The molecule has 10 aromatic rings. The average molecular weight is 767 g/mol. The average Bonchev–Trinajstić information content (AvgIpc) is 3.66. The molecule has 0 radical (unpaired) electrons. The molecule has 60 heavy (non-hydrogen) atoms. The van der Waals surface area contributed by atoms with Crippen LogP contribution in [0.1, 0.15) is 49.9 Å². The van der Waals surface area contributed by atoms with Crippen LogP contribution in [0.3, 0.4) is 0 Å². The van der Waals surface area contributed by atoms with E-state index in [2.05, 4.69) is 210 Å². The molecule has 2 aliphatic rings. The van der Waals surface area contributed by atoms with Crippen molar-refractivity contribution in [1.82, 2.24) is 9.97 Å². The third-order valence-corrected chi connectivity index (χ3v) is 13.7. The standard InChI is InChI=1S/C58H42N2/c1-57(2)50-19-11-9-17-44(50)46-25-21-36(33-52(46)57)38-27-29-48(42-15-7-5-13-40(38)42)54-31-23-35-24-32-55(60-56(35)59-54)49-30-28-39(41-14-6-8-16-43(41)49)37-22-26-47-45-18-10-12-20-51(45)58(3,4)53(47)34-37/h5-34H,1-4H3. The van der Waals surface area contributed by atoms with E-state index in [0.29, 0.717) is 0 Å². The van der Waals surface area contributed by atoms with E-state index < -0.39 is 0 Å². The molecule has 2 heteroatoms. The fourth-order valence-electron chi connectivity index (χ4n) is 10.6. The van der Waals surface area contributed by atoms with E-state index in [1.54, 1.807) is 0 Å². The van der Waals surface area contributed by atoms with Crippen LogP contribution in [-0.2, 0) is 10.8 Å². The van der Waals surface area contributed by atoms with E-state index >= 15 is 0 Å². The molecule has 0 amide bonds. The minimum Gasteiger partial charge on any atom is -0.228 e. The monoisotopic (exact) mass is 766 g/mol. The van der Waals surface area contributed by atoms with Crippen molar-refractivity contribution in [3.8, 4) is 67.0 Å². The first-order valence-electron chi connectivity index (χ1n) is 21.1. The summed E-state index contributed by atoms with van der Waals surface area (Å²) in [7, 11) is 0. The first-order chi connectivity index (χ1) is 29.3. The summed E-state index contributed by atoms with van der Waals surface area (Å²) < 4.78 is 0. The molecule has 0 fully saturated rings. The zero-order valence-corrected chi connectivity index (χ0v) is 34.2. The van der Waals surface area contributed by atoms with E-state index in [1.807, 2.05) is 0 Å². The highest BCUT2D eigenvalue weighted by molar-refractivity contribution is 6.07. The van der Waals surface area contributed by atoms with Crippen LogP contribution in [0, 0.1) is 0 Å². The molecule has 12 rings (SSSR count). The Labute approximate surface area is 350 Å². The fraction of sp³-hybridized carbons (Fsp3) is 0.103. The largest absolute Gasteiger partial charge is 0.228 e. The Kier molecular flexibility index (Phi) is 7.36. The van der Waals surface area contributed by atoms with Crippen LogP contribution in [0.4, 0.5) is 0 Å². The van der Waals surface area contributed by atoms with Crippen LogP contribution in [0.25, 0.3) is 99.6 Å². The molecule has 0 N–H and O–H groups in total. The van der Waals surface area contributed by atoms with Gasteiger partial charge in [-0.1, -0.05) is 173 Å². The van der Waals surface area contributed by atoms with Gasteiger partial charge in [0, 0.05) is 27.3 Å². The molecule has 0 spiro atoms. The van der Waals surface area contributed by atoms with Crippen molar-refractivity contribution < 1.29 is 0 Å². The smallest absolute Gasteiger partial charge is 0.160 e. The molecule has 284 valence electrons. The van der Waals surface area contributed by atoms with E-state index in [9.17, 15) is 0 Å². The second-order valence-corrected chi connectivity index (χ2v) is 17.7. The number of aromatic nitrogens is 2. The molecule has 2 aromatic heterocycles. The van der Waals surface area contributed by atoms with Crippen molar-refractivity contribution in [2.45, 2.75) is 38.5 Å². The summed E-state index contributed by atoms with van der Waals surface area (Å²) in [6.45, 7) is 9.39. The maximum Gasteiger partial charge on any atom is 0.160 e. The van der Waals surface area contributed by atoms with Crippen LogP contribution >= 0.6 is 0 Å². The minimum atomic E-state index is -0.0555. The van der Waals surface area contributed by atoms with Crippen LogP contribution in [-0.4, -0.2) is 9.97 Å². The first-order valence-corrected chi connectivity index (χ1v) is 21.1. The van der Waals surface area contributed by atoms with Crippen molar-refractivity contribution >= 4 is 32.6 Å². The third-order valence-electron chi connectivity index (χ3n) is 13.7. The highest BCUT2D eigenvalue weighted by Gasteiger charge is 2.36. The molecule has 0 atom stereocenters. The van der Waals surface area contributed by atoms with Crippen LogP contribution in [0.15, 0.2) is 182 Å². The predicted octanol–water partition coefficient (Wildman–Crippen LogP) is 15.2. The van der Waals surface area contributed by atoms with Gasteiger partial charge in [-0.15, -0.1) is 0 Å². The van der Waals surface area contributed by atoms with Gasteiger partial charge >= 0.3 is 0 Å². The normalized spacial score (nSPS) is 14.3. The van der Waals surface area contributed by atoms with Crippen molar-refractivity contribution in [3.05, 3.63) is 204 Å². The van der Waals surface area contributed by atoms with Gasteiger partial charge in [0.1, 0.15) is 0 Å². The lowest BCUT2D eigenvalue weighted by atomic mass is 9.81. The second kappa shape index (κ2) is 12.7. The molecule has 0 unspecified atom stereocenters. The highest BCUT2D eigenvalue weighted by Crippen LogP contribution is 2.51. The van der Waals surface area contributed by atoms with E-state index in [1.165, 1.54) is 88.3 Å². The molecule has 0 bridgehead atoms. The molecule has 0 aliphatic heterocycles. The van der Waals surface area contributed by atoms with Crippen molar-refractivity contribution in [2.75, 3.05) is 0 Å². The molecule has 2 heterocycles. The predicted molar refractivity (Wildman–Crippen MR) is 251 cm³/mol. The summed E-state index contributed by atoms with van der Waals surface area (Å²) in [5.74, 6) is 0. The Hall–Kier alpha value is -7.16. The molecule has 8 aromatic carbocycles. The van der Waals surface area contributed by atoms with Crippen LogP contribution < -0.4 is 0 Å². The fourth-order valence-corrected chi connectivity index (χ4v) is 10.6. The maximum atomic E-state index is 5.27. The van der Waals surface area contributed by atoms with E-state index in [-0.39, 0.29) is 10.8 Å². The lowest BCUT2D eigenvalue weighted by Crippen LogP contribution is -2.14. The van der Waals surface area contributed by atoms with Gasteiger partial charge in [0.05, 0.1) is 11.4 Å². The van der Waals surface area contributed by atoms with Gasteiger partial charge in [0.2, 0.25) is 0 Å². The molecular weight excluding hydrogens is 725 g/mol. The third kappa shape index (κ3) is 5.01. The Balaban J connectivity index is 0.927. The topological polar surface area (TPSA) is 25.8 Å². The Morgan fingerprint density at radius 3 is 1.10 bits per heavy atom. The SMILES string of the molecule is CC1(C)c2ccccc2-c2ccc(-c3ccc(-c4ccc5ccc(-c6ccc(-c7ccc8c(c7)C(C)(C)c7ccccc7-8)c7ccccc67)nc5n4)c4ccccc34)cc21. The molecule has 0 saturated carbocycles. The number of pyridine rings is 2. The van der Waals surface area contributed by atoms with Gasteiger partial charge < -0.3 is 0 Å². The van der Waals surface area contributed by atoms with Gasteiger partial charge in [-0.05, 0) is 125 Å². The van der Waals surface area contributed by atoms with Crippen LogP contribution in [0.2, 0.25) is 0 Å². The lowest BCUT2D eigenvalue weighted by Gasteiger charge is -2.22. The summed E-state index contributed by atoms with van der Waals surface area (Å²) in [6.07, 6.45) is 0. The maximum absolute atomic E-state index is 5.27. The Morgan fingerprint density at radius 1 is 0.300 bits per heavy atom. The Bertz CT molecular complexity index is 3210. The first kappa shape index (κ1) is 34.8. The summed E-state index contributed by atoms with van der Waals surface area (Å²) >= 11 is 0. The van der Waals surface area contributed by atoms with E-state index in [0.717, 1.165) is 33.5 Å². The quantitative estimate of drug-likeness (QED) is 0.178. The van der Waals surface area contributed by atoms with E-state index in [4.69, 9.17) is 9.97 Å². The summed E-state index contributed by atoms with van der Waals surface area (Å²) in [6, 6.07) is 66.9. The summed E-state index contributed by atoms with van der Waals surface area (Å²) in [5.41, 5.74) is 20.5. The molecule has 2 aliphatic carbocycles. The number of benzene rings is 8. The van der Waals surface area contributed by atoms with Gasteiger partial charge in [-0.2, -0.15) is 0 Å². The van der Waals surface area contributed by atoms with Gasteiger partial charge in [-0.3, -0.25) is 0 Å². The van der Waals surface area contributed by atoms with Crippen molar-refractivity contribution in [2.24, 2.45) is 0 Å². The van der Waals surface area contributed by atoms with Gasteiger partial charge in [-0.25, -0.2) is 9.97 Å². The number of hydrogen-bond acceptors (Lipinski definition) is 2. The highest BCUT2D eigenvalue weighted by atomic mass is 14.9. The number of fused-ring (bicyclic) bond motifs is 9. The number of hydrogen-bond donors (Lipinski definition) is 0.